The second kappa shape index (κ2) is 5.02. The normalized spacial score (nSPS) is 10.6. The first-order valence-electron chi connectivity index (χ1n) is 6.01. The third-order valence-corrected chi connectivity index (χ3v) is 2.87. The highest BCUT2D eigenvalue weighted by Crippen LogP contribution is 2.15. The van der Waals surface area contributed by atoms with Crippen molar-refractivity contribution in [1.29, 1.82) is 0 Å². The summed E-state index contributed by atoms with van der Waals surface area (Å²) in [6, 6.07) is 16.3. The Morgan fingerprint density at radius 3 is 2.42 bits per heavy atom. The summed E-state index contributed by atoms with van der Waals surface area (Å²) in [4.78, 5) is 0. The second-order valence-corrected chi connectivity index (χ2v) is 4.29. The molecule has 4 heteroatoms. The maximum atomic E-state index is 12.8. The number of nitrogens with zero attached hydrogens (tertiary/aromatic N) is 3. The standard InChI is InChI=1S/C15H12FN3/c16-14-8-6-12(7-9-14)10-19-11-15(17-18-19)13-4-2-1-3-5-13/h1-9,11H,10H2. The molecule has 0 saturated carbocycles. The highest BCUT2D eigenvalue weighted by atomic mass is 19.1. The molecule has 94 valence electrons. The van der Waals surface area contributed by atoms with Crippen molar-refractivity contribution in [2.45, 2.75) is 6.54 Å². The fraction of sp³-hybridized carbons (Fsp3) is 0.0667. The zero-order chi connectivity index (χ0) is 13.1. The van der Waals surface area contributed by atoms with Crippen LogP contribution in [0.25, 0.3) is 11.3 Å². The van der Waals surface area contributed by atoms with Crippen LogP contribution in [-0.2, 0) is 6.54 Å². The highest BCUT2D eigenvalue weighted by Gasteiger charge is 2.03. The van der Waals surface area contributed by atoms with Crippen LogP contribution >= 0.6 is 0 Å². The first kappa shape index (κ1) is 11.6. The average molecular weight is 253 g/mol. The van der Waals surface area contributed by atoms with Crippen LogP contribution in [0.4, 0.5) is 4.39 Å². The van der Waals surface area contributed by atoms with Crippen molar-refractivity contribution in [3.63, 3.8) is 0 Å². The van der Waals surface area contributed by atoms with E-state index in [4.69, 9.17) is 0 Å². The summed E-state index contributed by atoms with van der Waals surface area (Å²) in [6.07, 6.45) is 1.89. The van der Waals surface area contributed by atoms with E-state index in [0.29, 0.717) is 6.54 Å². The third-order valence-electron chi connectivity index (χ3n) is 2.87. The Labute approximate surface area is 110 Å². The predicted molar refractivity (Wildman–Crippen MR) is 71.0 cm³/mol. The van der Waals surface area contributed by atoms with Crippen molar-refractivity contribution in [3.05, 3.63) is 72.2 Å². The van der Waals surface area contributed by atoms with E-state index < -0.39 is 0 Å². The molecule has 0 unspecified atom stereocenters. The summed E-state index contributed by atoms with van der Waals surface area (Å²) < 4.78 is 14.6. The minimum absolute atomic E-state index is 0.229. The van der Waals surface area contributed by atoms with E-state index in [1.165, 1.54) is 12.1 Å². The number of hydrogen-bond acceptors (Lipinski definition) is 2. The molecule has 3 rings (SSSR count). The molecule has 2 aromatic carbocycles. The molecular formula is C15H12FN3. The van der Waals surface area contributed by atoms with E-state index in [0.717, 1.165) is 16.8 Å². The largest absolute Gasteiger partial charge is 0.247 e. The van der Waals surface area contributed by atoms with Crippen LogP contribution in [0.5, 0.6) is 0 Å². The Morgan fingerprint density at radius 1 is 0.947 bits per heavy atom. The van der Waals surface area contributed by atoms with E-state index in [2.05, 4.69) is 10.3 Å². The molecule has 1 aromatic heterocycles. The lowest BCUT2D eigenvalue weighted by Gasteiger charge is -2.00. The third kappa shape index (κ3) is 2.68. The molecule has 0 aliphatic carbocycles. The molecule has 3 nitrogen and oxygen atoms in total. The van der Waals surface area contributed by atoms with Gasteiger partial charge in [0.2, 0.25) is 0 Å². The van der Waals surface area contributed by atoms with Crippen molar-refractivity contribution in [1.82, 2.24) is 15.0 Å². The minimum atomic E-state index is -0.229. The van der Waals surface area contributed by atoms with Crippen molar-refractivity contribution in [2.75, 3.05) is 0 Å². The summed E-state index contributed by atoms with van der Waals surface area (Å²) >= 11 is 0. The van der Waals surface area contributed by atoms with Crippen LogP contribution in [0, 0.1) is 5.82 Å². The first-order chi connectivity index (χ1) is 9.31. The van der Waals surface area contributed by atoms with Crippen LogP contribution in [0.3, 0.4) is 0 Å². The van der Waals surface area contributed by atoms with Crippen molar-refractivity contribution in [2.24, 2.45) is 0 Å². The molecule has 1 heterocycles. The highest BCUT2D eigenvalue weighted by molar-refractivity contribution is 5.57. The van der Waals surface area contributed by atoms with Gasteiger partial charge < -0.3 is 0 Å². The van der Waals surface area contributed by atoms with Gasteiger partial charge >= 0.3 is 0 Å². The molecule has 0 amide bonds. The van der Waals surface area contributed by atoms with Crippen LogP contribution in [-0.4, -0.2) is 15.0 Å². The van der Waals surface area contributed by atoms with Crippen molar-refractivity contribution >= 4 is 0 Å². The molecule has 19 heavy (non-hydrogen) atoms. The zero-order valence-corrected chi connectivity index (χ0v) is 10.2. The van der Waals surface area contributed by atoms with Crippen molar-refractivity contribution in [3.8, 4) is 11.3 Å². The van der Waals surface area contributed by atoms with Gasteiger partial charge in [-0.2, -0.15) is 0 Å². The smallest absolute Gasteiger partial charge is 0.123 e. The van der Waals surface area contributed by atoms with E-state index in [1.807, 2.05) is 36.5 Å². The number of rotatable bonds is 3. The van der Waals surface area contributed by atoms with E-state index in [9.17, 15) is 4.39 Å². The van der Waals surface area contributed by atoms with Crippen LogP contribution in [0.2, 0.25) is 0 Å². The number of benzene rings is 2. The monoisotopic (exact) mass is 253 g/mol. The van der Waals surface area contributed by atoms with E-state index in [-0.39, 0.29) is 5.82 Å². The first-order valence-corrected chi connectivity index (χ1v) is 6.01. The van der Waals surface area contributed by atoms with Crippen LogP contribution < -0.4 is 0 Å². The topological polar surface area (TPSA) is 30.7 Å². The molecular weight excluding hydrogens is 241 g/mol. The minimum Gasteiger partial charge on any atom is -0.247 e. The molecule has 0 aliphatic heterocycles. The fourth-order valence-corrected chi connectivity index (χ4v) is 1.89. The quantitative estimate of drug-likeness (QED) is 0.718. The van der Waals surface area contributed by atoms with Crippen LogP contribution in [0.1, 0.15) is 5.56 Å². The lowest BCUT2D eigenvalue weighted by atomic mass is 10.2. The molecule has 0 spiro atoms. The summed E-state index contributed by atoms with van der Waals surface area (Å²) in [5.41, 5.74) is 2.86. The Kier molecular flexibility index (Phi) is 3.06. The Balaban J connectivity index is 1.80. The van der Waals surface area contributed by atoms with Gasteiger partial charge in [0.15, 0.2) is 0 Å². The Morgan fingerprint density at radius 2 is 1.68 bits per heavy atom. The molecule has 0 atom stereocenters. The van der Waals surface area contributed by atoms with Gasteiger partial charge in [-0.3, -0.25) is 0 Å². The maximum absolute atomic E-state index is 12.8. The maximum Gasteiger partial charge on any atom is 0.123 e. The summed E-state index contributed by atoms with van der Waals surface area (Å²) in [5.74, 6) is -0.229. The van der Waals surface area contributed by atoms with Gasteiger partial charge in [-0.05, 0) is 17.7 Å². The van der Waals surface area contributed by atoms with Gasteiger partial charge in [-0.25, -0.2) is 9.07 Å². The molecule has 0 fully saturated rings. The zero-order valence-electron chi connectivity index (χ0n) is 10.2. The average Bonchev–Trinajstić information content (AvgIpc) is 2.91. The van der Waals surface area contributed by atoms with E-state index >= 15 is 0 Å². The number of aromatic nitrogens is 3. The predicted octanol–water partition coefficient (Wildman–Crippen LogP) is 3.13. The molecule has 0 bridgehead atoms. The SMILES string of the molecule is Fc1ccc(Cn2cc(-c3ccccc3)nn2)cc1. The second-order valence-electron chi connectivity index (χ2n) is 4.29. The van der Waals surface area contributed by atoms with Gasteiger partial charge in [-0.1, -0.05) is 47.7 Å². The van der Waals surface area contributed by atoms with E-state index in [1.54, 1.807) is 16.8 Å². The lowest BCUT2D eigenvalue weighted by Crippen LogP contribution is -2.00. The summed E-state index contributed by atoms with van der Waals surface area (Å²) in [5, 5.41) is 8.22. The molecule has 0 saturated heterocycles. The van der Waals surface area contributed by atoms with Gasteiger partial charge in [0.1, 0.15) is 11.5 Å². The van der Waals surface area contributed by atoms with Gasteiger partial charge in [0.05, 0.1) is 12.7 Å². The summed E-state index contributed by atoms with van der Waals surface area (Å²) in [7, 11) is 0. The molecule has 3 aromatic rings. The fourth-order valence-electron chi connectivity index (χ4n) is 1.89. The Bertz CT molecular complexity index is 659. The van der Waals surface area contributed by atoms with Crippen LogP contribution in [0.15, 0.2) is 60.8 Å². The van der Waals surface area contributed by atoms with Gasteiger partial charge in [0.25, 0.3) is 0 Å². The van der Waals surface area contributed by atoms with Crippen molar-refractivity contribution < 1.29 is 4.39 Å². The Hall–Kier alpha value is -2.49. The molecule has 0 radical (unpaired) electrons. The van der Waals surface area contributed by atoms with Gasteiger partial charge in [0, 0.05) is 5.56 Å². The van der Waals surface area contributed by atoms with Gasteiger partial charge in [-0.15, -0.1) is 5.10 Å². The molecule has 0 aliphatic rings. The lowest BCUT2D eigenvalue weighted by molar-refractivity contribution is 0.621. The number of halogens is 1. The molecule has 0 N–H and O–H groups in total. The number of hydrogen-bond donors (Lipinski definition) is 0. The summed E-state index contributed by atoms with van der Waals surface area (Å²) in [6.45, 7) is 0.583.